The summed E-state index contributed by atoms with van der Waals surface area (Å²) >= 11 is 0. The summed E-state index contributed by atoms with van der Waals surface area (Å²) in [6, 6.07) is 10.1. The Hall–Kier alpha value is -2.43. The van der Waals surface area contributed by atoms with Crippen molar-refractivity contribution in [2.45, 2.75) is 25.9 Å². The molecule has 5 heteroatoms. The van der Waals surface area contributed by atoms with E-state index in [0.717, 1.165) is 36.6 Å². The van der Waals surface area contributed by atoms with Crippen molar-refractivity contribution < 1.29 is 14.3 Å². The molecule has 2 atom stereocenters. The molecule has 2 aliphatic heterocycles. The lowest BCUT2D eigenvalue weighted by Gasteiger charge is -2.38. The van der Waals surface area contributed by atoms with E-state index < -0.39 is 0 Å². The van der Waals surface area contributed by atoms with Crippen LogP contribution in [-0.2, 0) is 17.8 Å². The quantitative estimate of drug-likeness (QED) is 0.852. The summed E-state index contributed by atoms with van der Waals surface area (Å²) in [4.78, 5) is 15.0. The van der Waals surface area contributed by atoms with E-state index in [1.165, 1.54) is 5.69 Å². The van der Waals surface area contributed by atoms with Gasteiger partial charge in [-0.2, -0.15) is 0 Å². The van der Waals surface area contributed by atoms with E-state index in [0.29, 0.717) is 6.61 Å². The van der Waals surface area contributed by atoms with Crippen LogP contribution in [0.1, 0.15) is 24.2 Å². The van der Waals surface area contributed by atoms with Gasteiger partial charge in [0.05, 0.1) is 19.1 Å². The van der Waals surface area contributed by atoms with E-state index >= 15 is 0 Å². The maximum atomic E-state index is 13.0. The second-order valence-electron chi connectivity index (χ2n) is 6.52. The highest BCUT2D eigenvalue weighted by Crippen LogP contribution is 2.33. The zero-order valence-corrected chi connectivity index (χ0v) is 14.1. The first-order valence-corrected chi connectivity index (χ1v) is 8.42. The van der Waals surface area contributed by atoms with E-state index in [4.69, 9.17) is 9.47 Å². The Bertz CT molecular complexity index is 768. The monoisotopic (exact) mass is 326 g/mol. The molecular formula is C19H22N2O3. The lowest BCUT2D eigenvalue weighted by molar-refractivity contribution is -0.140. The van der Waals surface area contributed by atoms with Crippen molar-refractivity contribution in [2.24, 2.45) is 5.92 Å². The molecule has 1 aromatic heterocycles. The fourth-order valence-electron chi connectivity index (χ4n) is 3.75. The van der Waals surface area contributed by atoms with Crippen LogP contribution in [0, 0.1) is 5.92 Å². The normalized spacial score (nSPS) is 22.3. The molecule has 24 heavy (non-hydrogen) atoms. The molecule has 2 aromatic rings. The molecule has 126 valence electrons. The third-order valence-electron chi connectivity index (χ3n) is 5.15. The third-order valence-corrected chi connectivity index (χ3v) is 5.15. The van der Waals surface area contributed by atoms with Gasteiger partial charge in [0.15, 0.2) is 0 Å². The Labute approximate surface area is 141 Å². The second-order valence-corrected chi connectivity index (χ2v) is 6.52. The summed E-state index contributed by atoms with van der Waals surface area (Å²) in [5, 5.41) is 0. The predicted molar refractivity (Wildman–Crippen MR) is 90.2 cm³/mol. The molecule has 1 aromatic carbocycles. The van der Waals surface area contributed by atoms with Crippen LogP contribution < -0.4 is 9.47 Å². The van der Waals surface area contributed by atoms with Crippen LogP contribution >= 0.6 is 0 Å². The number of nitrogens with zero attached hydrogens (tertiary/aromatic N) is 2. The van der Waals surface area contributed by atoms with Crippen molar-refractivity contribution in [1.29, 1.82) is 0 Å². The van der Waals surface area contributed by atoms with Gasteiger partial charge in [-0.15, -0.1) is 0 Å². The van der Waals surface area contributed by atoms with E-state index in [1.54, 1.807) is 7.11 Å². The average Bonchev–Trinajstić information content (AvgIpc) is 3.10. The van der Waals surface area contributed by atoms with Crippen LogP contribution in [0.25, 0.3) is 0 Å². The van der Waals surface area contributed by atoms with Gasteiger partial charge >= 0.3 is 0 Å². The molecule has 3 heterocycles. The van der Waals surface area contributed by atoms with Gasteiger partial charge in [0.25, 0.3) is 0 Å². The number of benzene rings is 1. The highest BCUT2D eigenvalue weighted by atomic mass is 16.5. The zero-order valence-electron chi connectivity index (χ0n) is 14.1. The smallest absolute Gasteiger partial charge is 0.230 e. The molecule has 2 aliphatic rings. The molecular weight excluding hydrogens is 304 g/mol. The Balaban J connectivity index is 1.52. The average molecular weight is 326 g/mol. The maximum absolute atomic E-state index is 13.0. The Morgan fingerprint density at radius 2 is 2.17 bits per heavy atom. The summed E-state index contributed by atoms with van der Waals surface area (Å²) in [7, 11) is 1.64. The fraction of sp³-hybridized carbons (Fsp3) is 0.421. The van der Waals surface area contributed by atoms with Crippen LogP contribution in [0.5, 0.6) is 11.5 Å². The molecule has 0 saturated heterocycles. The van der Waals surface area contributed by atoms with Gasteiger partial charge in [0.1, 0.15) is 18.1 Å². The molecule has 1 amide bonds. The summed E-state index contributed by atoms with van der Waals surface area (Å²) in [6.07, 6.45) is 2.81. The number of methoxy groups -OCH3 is 1. The highest BCUT2D eigenvalue weighted by Gasteiger charge is 2.34. The van der Waals surface area contributed by atoms with Gasteiger partial charge in [-0.1, -0.05) is 6.07 Å². The fourth-order valence-corrected chi connectivity index (χ4v) is 3.75. The molecule has 0 aliphatic carbocycles. The van der Waals surface area contributed by atoms with Crippen LogP contribution in [0.15, 0.2) is 36.5 Å². The van der Waals surface area contributed by atoms with E-state index in [9.17, 15) is 4.79 Å². The number of carbonyl (C=O) groups is 1. The Kier molecular flexibility index (Phi) is 3.71. The van der Waals surface area contributed by atoms with Crippen molar-refractivity contribution in [3.8, 4) is 11.5 Å². The lowest BCUT2D eigenvalue weighted by Crippen LogP contribution is -2.46. The Morgan fingerprint density at radius 1 is 1.29 bits per heavy atom. The number of ether oxygens (including phenoxy) is 2. The standard InChI is InChI=1S/C19H22N2O3/c1-13-17-4-3-7-20(17)8-9-21(13)19(22)15-10-14-5-6-16(23-2)11-18(14)24-12-15/h3-7,11,13,15H,8-10,12H2,1-2H3. The van der Waals surface area contributed by atoms with Crippen molar-refractivity contribution in [1.82, 2.24) is 9.47 Å². The predicted octanol–water partition coefficient (Wildman–Crippen LogP) is 2.65. The largest absolute Gasteiger partial charge is 0.497 e. The number of amides is 1. The minimum absolute atomic E-state index is 0.110. The third kappa shape index (κ3) is 2.44. The molecule has 0 radical (unpaired) electrons. The van der Waals surface area contributed by atoms with E-state index in [-0.39, 0.29) is 17.9 Å². The SMILES string of the molecule is COc1ccc2c(c1)OCC(C(=O)N1CCn3cccc3C1C)C2. The van der Waals surface area contributed by atoms with Crippen LogP contribution in [0.4, 0.5) is 0 Å². The van der Waals surface area contributed by atoms with Gasteiger partial charge < -0.3 is 18.9 Å². The molecule has 0 bridgehead atoms. The van der Waals surface area contributed by atoms with Crippen LogP contribution in [0.2, 0.25) is 0 Å². The summed E-state index contributed by atoms with van der Waals surface area (Å²) in [5.41, 5.74) is 2.28. The molecule has 0 fully saturated rings. The van der Waals surface area contributed by atoms with E-state index in [2.05, 4.69) is 23.8 Å². The molecule has 0 saturated carbocycles. The Morgan fingerprint density at radius 3 is 3.00 bits per heavy atom. The second kappa shape index (κ2) is 5.89. The van der Waals surface area contributed by atoms with Crippen molar-refractivity contribution >= 4 is 5.91 Å². The lowest BCUT2D eigenvalue weighted by atomic mass is 9.94. The molecule has 0 N–H and O–H groups in total. The highest BCUT2D eigenvalue weighted by molar-refractivity contribution is 5.80. The van der Waals surface area contributed by atoms with Gasteiger partial charge in [-0.3, -0.25) is 4.79 Å². The van der Waals surface area contributed by atoms with Crippen LogP contribution in [-0.4, -0.2) is 35.6 Å². The minimum Gasteiger partial charge on any atom is -0.497 e. The first-order valence-electron chi connectivity index (χ1n) is 8.42. The number of carbonyl (C=O) groups excluding carboxylic acids is 1. The summed E-state index contributed by atoms with van der Waals surface area (Å²) in [5.74, 6) is 1.69. The number of fused-ring (bicyclic) bond motifs is 2. The summed E-state index contributed by atoms with van der Waals surface area (Å²) in [6.45, 7) is 4.15. The summed E-state index contributed by atoms with van der Waals surface area (Å²) < 4.78 is 13.3. The first-order chi connectivity index (χ1) is 11.7. The minimum atomic E-state index is -0.116. The van der Waals surface area contributed by atoms with Crippen molar-refractivity contribution in [2.75, 3.05) is 20.3 Å². The number of hydrogen-bond acceptors (Lipinski definition) is 3. The zero-order chi connectivity index (χ0) is 16.7. The maximum Gasteiger partial charge on any atom is 0.230 e. The molecule has 0 spiro atoms. The van der Waals surface area contributed by atoms with Gasteiger partial charge in [-0.05, 0) is 37.1 Å². The van der Waals surface area contributed by atoms with Crippen LogP contribution in [0.3, 0.4) is 0 Å². The number of rotatable bonds is 2. The van der Waals surface area contributed by atoms with Gasteiger partial charge in [-0.25, -0.2) is 0 Å². The first kappa shape index (κ1) is 15.1. The van der Waals surface area contributed by atoms with Crippen molar-refractivity contribution in [3.63, 3.8) is 0 Å². The van der Waals surface area contributed by atoms with Crippen molar-refractivity contribution in [3.05, 3.63) is 47.8 Å². The number of hydrogen-bond donors (Lipinski definition) is 0. The molecule has 5 nitrogen and oxygen atoms in total. The molecule has 4 rings (SSSR count). The van der Waals surface area contributed by atoms with E-state index in [1.807, 2.05) is 29.2 Å². The topological polar surface area (TPSA) is 43.7 Å². The van der Waals surface area contributed by atoms with Gasteiger partial charge in [0.2, 0.25) is 5.91 Å². The van der Waals surface area contributed by atoms with Gasteiger partial charge in [0, 0.05) is 31.0 Å². The molecule has 2 unspecified atom stereocenters. The number of aromatic nitrogens is 1.